The van der Waals surface area contributed by atoms with Crippen LogP contribution in [0.5, 0.6) is 0 Å². The molecule has 26 heavy (non-hydrogen) atoms. The monoisotopic (exact) mass is 365 g/mol. The molecule has 0 saturated heterocycles. The van der Waals surface area contributed by atoms with Gasteiger partial charge in [0.1, 0.15) is 6.54 Å². The van der Waals surface area contributed by atoms with Gasteiger partial charge in [0.05, 0.1) is 27.4 Å². The van der Waals surface area contributed by atoms with E-state index in [4.69, 9.17) is 11.6 Å². The lowest BCUT2D eigenvalue weighted by molar-refractivity contribution is -0.116. The van der Waals surface area contributed by atoms with Crippen LogP contribution in [-0.4, -0.2) is 34.2 Å². The molecule has 2 heterocycles. The van der Waals surface area contributed by atoms with Crippen molar-refractivity contribution in [3.63, 3.8) is 0 Å². The zero-order valence-electron chi connectivity index (χ0n) is 13.4. The molecule has 0 unspecified atom stereocenters. The number of carbonyl (C=O) groups excluding carboxylic acids is 3. The number of hydrogen-bond donors (Lipinski definition) is 1. The van der Waals surface area contributed by atoms with Crippen LogP contribution in [0.1, 0.15) is 20.7 Å². The van der Waals surface area contributed by atoms with E-state index >= 15 is 0 Å². The number of nitrogens with one attached hydrogen (secondary N) is 1. The highest BCUT2D eigenvalue weighted by molar-refractivity contribution is 6.35. The van der Waals surface area contributed by atoms with Gasteiger partial charge in [-0.25, -0.2) is 0 Å². The number of rotatable bonds is 3. The lowest BCUT2D eigenvalue weighted by Gasteiger charge is -2.14. The molecule has 1 aliphatic heterocycles. The van der Waals surface area contributed by atoms with Crippen LogP contribution in [-0.2, 0) is 4.79 Å². The van der Waals surface area contributed by atoms with E-state index in [0.717, 1.165) is 4.90 Å². The number of benzene rings is 2. The SMILES string of the molecule is O=C(CN1C(=O)c2ccccc2C1=O)Nc1ccnc2c(Cl)cccc12. The number of imide groups is 1. The van der Waals surface area contributed by atoms with E-state index in [2.05, 4.69) is 10.3 Å². The highest BCUT2D eigenvalue weighted by Gasteiger charge is 2.36. The van der Waals surface area contributed by atoms with Gasteiger partial charge in [-0.2, -0.15) is 0 Å². The van der Waals surface area contributed by atoms with Gasteiger partial charge in [-0.15, -0.1) is 0 Å². The highest BCUT2D eigenvalue weighted by atomic mass is 35.5. The normalized spacial score (nSPS) is 13.2. The lowest BCUT2D eigenvalue weighted by Crippen LogP contribution is -2.37. The number of anilines is 1. The minimum absolute atomic E-state index is 0.312. The Morgan fingerprint density at radius 2 is 1.69 bits per heavy atom. The average molecular weight is 366 g/mol. The quantitative estimate of drug-likeness (QED) is 0.723. The second-order valence-corrected chi connectivity index (χ2v) is 6.19. The van der Waals surface area contributed by atoms with Crippen molar-refractivity contribution in [2.24, 2.45) is 0 Å². The van der Waals surface area contributed by atoms with Crippen molar-refractivity contribution in [3.8, 4) is 0 Å². The fourth-order valence-corrected chi connectivity index (χ4v) is 3.19. The number of hydrogen-bond acceptors (Lipinski definition) is 4. The number of halogens is 1. The van der Waals surface area contributed by atoms with Crippen LogP contribution in [0.15, 0.2) is 54.7 Å². The molecular weight excluding hydrogens is 354 g/mol. The second kappa shape index (κ2) is 6.24. The van der Waals surface area contributed by atoms with Crippen LogP contribution in [0.2, 0.25) is 5.02 Å². The molecule has 1 aliphatic rings. The summed E-state index contributed by atoms with van der Waals surface area (Å²) in [6.45, 7) is -0.364. The summed E-state index contributed by atoms with van der Waals surface area (Å²) in [5.41, 5.74) is 1.70. The molecule has 4 rings (SSSR count). The molecule has 0 saturated carbocycles. The number of fused-ring (bicyclic) bond motifs is 2. The van der Waals surface area contributed by atoms with E-state index in [-0.39, 0.29) is 6.54 Å². The van der Waals surface area contributed by atoms with Gasteiger partial charge in [0.25, 0.3) is 11.8 Å². The molecule has 6 nitrogen and oxygen atoms in total. The molecule has 1 aromatic heterocycles. The minimum atomic E-state index is -0.480. The molecule has 7 heteroatoms. The van der Waals surface area contributed by atoms with Gasteiger partial charge >= 0.3 is 0 Å². The van der Waals surface area contributed by atoms with Crippen molar-refractivity contribution in [2.75, 3.05) is 11.9 Å². The van der Waals surface area contributed by atoms with Gasteiger partial charge in [-0.05, 0) is 24.3 Å². The Morgan fingerprint density at radius 3 is 2.38 bits per heavy atom. The second-order valence-electron chi connectivity index (χ2n) is 5.78. The Hall–Kier alpha value is -3.25. The minimum Gasteiger partial charge on any atom is -0.324 e. The van der Waals surface area contributed by atoms with E-state index in [1.807, 2.05) is 0 Å². The summed E-state index contributed by atoms with van der Waals surface area (Å²) in [6.07, 6.45) is 1.53. The third-order valence-corrected chi connectivity index (χ3v) is 4.48. The standard InChI is InChI=1S/C19H12ClN3O3/c20-14-7-3-6-13-15(8-9-21-17(13)14)22-16(24)10-23-18(25)11-4-1-2-5-12(11)19(23)26/h1-9H,10H2,(H,21,22,24). The maximum atomic E-state index is 12.4. The Morgan fingerprint density at radius 1 is 1.00 bits per heavy atom. The van der Waals surface area contributed by atoms with Crippen molar-refractivity contribution >= 4 is 45.9 Å². The van der Waals surface area contributed by atoms with Crippen LogP contribution in [0.25, 0.3) is 10.9 Å². The molecule has 2 aromatic carbocycles. The van der Waals surface area contributed by atoms with Crippen LogP contribution < -0.4 is 5.32 Å². The van der Waals surface area contributed by atoms with Gasteiger partial charge in [-0.1, -0.05) is 35.9 Å². The van der Waals surface area contributed by atoms with Crippen LogP contribution in [0.3, 0.4) is 0 Å². The molecule has 0 aliphatic carbocycles. The van der Waals surface area contributed by atoms with E-state index < -0.39 is 17.7 Å². The van der Waals surface area contributed by atoms with Crippen LogP contribution in [0.4, 0.5) is 5.69 Å². The first kappa shape index (κ1) is 16.2. The smallest absolute Gasteiger partial charge is 0.262 e. The fourth-order valence-electron chi connectivity index (χ4n) is 2.97. The Kier molecular flexibility index (Phi) is 3.89. The number of aromatic nitrogens is 1. The van der Waals surface area contributed by atoms with Crippen molar-refractivity contribution in [3.05, 3.63) is 70.9 Å². The number of nitrogens with zero attached hydrogens (tertiary/aromatic N) is 2. The van der Waals surface area contributed by atoms with E-state index in [1.54, 1.807) is 48.5 Å². The lowest BCUT2D eigenvalue weighted by atomic mass is 10.1. The molecule has 0 radical (unpaired) electrons. The largest absolute Gasteiger partial charge is 0.324 e. The molecule has 0 spiro atoms. The van der Waals surface area contributed by atoms with Gasteiger partial charge in [0, 0.05) is 11.6 Å². The molecule has 0 atom stereocenters. The topological polar surface area (TPSA) is 79.4 Å². The average Bonchev–Trinajstić information content (AvgIpc) is 2.88. The summed E-state index contributed by atoms with van der Waals surface area (Å²) in [6, 6.07) is 13.4. The summed E-state index contributed by atoms with van der Waals surface area (Å²) < 4.78 is 0. The number of carbonyl (C=O) groups is 3. The van der Waals surface area contributed by atoms with E-state index in [0.29, 0.717) is 32.7 Å². The zero-order chi connectivity index (χ0) is 18.3. The van der Waals surface area contributed by atoms with E-state index in [1.165, 1.54) is 6.20 Å². The molecule has 3 aromatic rings. The van der Waals surface area contributed by atoms with Gasteiger partial charge in [-0.3, -0.25) is 24.3 Å². The number of pyridine rings is 1. The van der Waals surface area contributed by atoms with Crippen molar-refractivity contribution in [2.45, 2.75) is 0 Å². The van der Waals surface area contributed by atoms with E-state index in [9.17, 15) is 14.4 Å². The number of amides is 3. The van der Waals surface area contributed by atoms with Crippen LogP contribution >= 0.6 is 11.6 Å². The summed E-state index contributed by atoms with van der Waals surface area (Å²) >= 11 is 6.12. The molecule has 1 N–H and O–H groups in total. The first-order chi connectivity index (χ1) is 12.6. The summed E-state index contributed by atoms with van der Waals surface area (Å²) in [7, 11) is 0. The fraction of sp³-hybridized carbons (Fsp3) is 0.0526. The van der Waals surface area contributed by atoms with Gasteiger partial charge in [0.15, 0.2) is 0 Å². The Bertz CT molecular complexity index is 1050. The maximum Gasteiger partial charge on any atom is 0.262 e. The van der Waals surface area contributed by atoms with Crippen molar-refractivity contribution < 1.29 is 14.4 Å². The molecule has 3 amide bonds. The molecular formula is C19H12ClN3O3. The zero-order valence-corrected chi connectivity index (χ0v) is 14.2. The first-order valence-electron chi connectivity index (χ1n) is 7.84. The summed E-state index contributed by atoms with van der Waals surface area (Å²) in [4.78, 5) is 42.3. The molecule has 128 valence electrons. The number of para-hydroxylation sites is 1. The molecule has 0 fully saturated rings. The molecule has 0 bridgehead atoms. The van der Waals surface area contributed by atoms with Crippen molar-refractivity contribution in [1.29, 1.82) is 0 Å². The third kappa shape index (κ3) is 2.60. The van der Waals surface area contributed by atoms with Crippen molar-refractivity contribution in [1.82, 2.24) is 9.88 Å². The third-order valence-electron chi connectivity index (χ3n) is 4.18. The van der Waals surface area contributed by atoms with Gasteiger partial charge in [0.2, 0.25) is 5.91 Å². The Labute approximate surface area is 153 Å². The first-order valence-corrected chi connectivity index (χ1v) is 8.22. The maximum absolute atomic E-state index is 12.4. The Balaban J connectivity index is 1.57. The van der Waals surface area contributed by atoms with Gasteiger partial charge < -0.3 is 5.32 Å². The highest BCUT2D eigenvalue weighted by Crippen LogP contribution is 2.27. The van der Waals surface area contributed by atoms with Crippen LogP contribution in [0, 0.1) is 0 Å². The summed E-state index contributed by atoms with van der Waals surface area (Å²) in [5, 5.41) is 3.87. The predicted molar refractivity (Wildman–Crippen MR) is 97.2 cm³/mol. The predicted octanol–water partition coefficient (Wildman–Crippen LogP) is 3.12. The summed E-state index contributed by atoms with van der Waals surface area (Å²) in [5.74, 6) is -1.42.